The summed E-state index contributed by atoms with van der Waals surface area (Å²) >= 11 is 0. The number of aromatic nitrogens is 5. The number of benzene rings is 1. The van der Waals surface area contributed by atoms with Crippen LogP contribution >= 0.6 is 0 Å². The van der Waals surface area contributed by atoms with Gasteiger partial charge in [-0.2, -0.15) is 14.7 Å². The van der Waals surface area contributed by atoms with Crippen molar-refractivity contribution in [2.24, 2.45) is 0 Å². The molecule has 3 heterocycles. The molecule has 3 aromatic heterocycles. The summed E-state index contributed by atoms with van der Waals surface area (Å²) in [7, 11) is -5.37. The molecule has 0 saturated heterocycles. The van der Waals surface area contributed by atoms with E-state index >= 15 is 0 Å². The van der Waals surface area contributed by atoms with E-state index in [0.717, 1.165) is 25.4 Å². The highest BCUT2D eigenvalue weighted by atomic mass is 32.2. The average molecular weight is 651 g/mol. The van der Waals surface area contributed by atoms with Crippen LogP contribution in [0, 0.1) is 0 Å². The van der Waals surface area contributed by atoms with Crippen LogP contribution in [-0.4, -0.2) is 96.5 Å². The van der Waals surface area contributed by atoms with Crippen LogP contribution in [0.2, 0.25) is 0 Å². The standard InChI is InChI=1S/C26H32N6O6S2.CH2O3/c1-37-12-13-38-20-8-4-17(5-9-20)23-24(40(3,35)36)25(27)32-26(30-23)22(15-29-32)18-14-28-31(16-18)19-6-10-21(11-7-19)39(2,33)34;2-1(3)4/h6-7,10-11,14-17,20H,4-5,8-9,12-13,27H2,1-3H3;(H2,2,3,4)/t17-,20-;. The predicted molar refractivity (Wildman–Crippen MR) is 160 cm³/mol. The van der Waals surface area contributed by atoms with E-state index in [9.17, 15) is 16.8 Å². The summed E-state index contributed by atoms with van der Waals surface area (Å²) in [6.07, 6.45) is 8.55. The van der Waals surface area contributed by atoms with Crippen molar-refractivity contribution < 1.29 is 41.3 Å². The van der Waals surface area contributed by atoms with Gasteiger partial charge in [0, 0.05) is 42.9 Å². The molecule has 1 fully saturated rings. The van der Waals surface area contributed by atoms with Gasteiger partial charge in [-0.15, -0.1) is 0 Å². The molecule has 0 radical (unpaired) electrons. The van der Waals surface area contributed by atoms with E-state index in [-0.39, 0.29) is 27.6 Å². The third kappa shape index (κ3) is 7.53. The van der Waals surface area contributed by atoms with Gasteiger partial charge in [-0.3, -0.25) is 0 Å². The van der Waals surface area contributed by atoms with Crippen molar-refractivity contribution in [3.05, 3.63) is 48.5 Å². The molecule has 0 aliphatic heterocycles. The minimum Gasteiger partial charge on any atom is -0.450 e. The Labute approximate surface area is 254 Å². The molecule has 17 heteroatoms. The summed E-state index contributed by atoms with van der Waals surface area (Å²) in [6.45, 7) is 1.05. The van der Waals surface area contributed by atoms with Gasteiger partial charge >= 0.3 is 6.16 Å². The Morgan fingerprint density at radius 1 is 0.977 bits per heavy atom. The quantitative estimate of drug-likeness (QED) is 0.222. The van der Waals surface area contributed by atoms with Crippen molar-refractivity contribution in [1.29, 1.82) is 0 Å². The van der Waals surface area contributed by atoms with E-state index in [2.05, 4.69) is 10.2 Å². The third-order valence-corrected chi connectivity index (χ3v) is 9.45. The first-order valence-corrected chi connectivity index (χ1v) is 17.2. The first-order valence-electron chi connectivity index (χ1n) is 13.5. The Balaban J connectivity index is 0.00000104. The average Bonchev–Trinajstić information content (AvgIpc) is 3.60. The Hall–Kier alpha value is -4.06. The van der Waals surface area contributed by atoms with Crippen molar-refractivity contribution in [3.8, 4) is 16.8 Å². The number of hydrogen-bond donors (Lipinski definition) is 3. The number of methoxy groups -OCH3 is 1. The number of fused-ring (bicyclic) bond motifs is 1. The van der Waals surface area contributed by atoms with Gasteiger partial charge in [-0.1, -0.05) is 0 Å². The van der Waals surface area contributed by atoms with Gasteiger partial charge in [0.1, 0.15) is 10.7 Å². The Bertz CT molecular complexity index is 1840. The Morgan fingerprint density at radius 3 is 2.18 bits per heavy atom. The zero-order valence-corrected chi connectivity index (χ0v) is 26.0. The third-order valence-electron chi connectivity index (χ3n) is 7.16. The minimum absolute atomic E-state index is 0.0139. The summed E-state index contributed by atoms with van der Waals surface area (Å²) in [5.74, 6) is -0.0749. The first kappa shape index (κ1) is 32.8. The maximum Gasteiger partial charge on any atom is 0.503 e. The molecule has 0 spiro atoms. The van der Waals surface area contributed by atoms with Crippen LogP contribution in [0.3, 0.4) is 0 Å². The van der Waals surface area contributed by atoms with Crippen LogP contribution in [0.1, 0.15) is 37.3 Å². The summed E-state index contributed by atoms with van der Waals surface area (Å²) in [5, 5.41) is 22.7. The molecular weight excluding hydrogens is 616 g/mol. The second kappa shape index (κ2) is 13.3. The lowest BCUT2D eigenvalue weighted by molar-refractivity contribution is -0.00308. The molecule has 1 saturated carbocycles. The van der Waals surface area contributed by atoms with Crippen molar-refractivity contribution in [1.82, 2.24) is 24.4 Å². The molecule has 0 bridgehead atoms. The Kier molecular flexibility index (Phi) is 9.92. The van der Waals surface area contributed by atoms with Gasteiger partial charge in [0.15, 0.2) is 25.3 Å². The number of nitrogen functional groups attached to an aromatic ring is 1. The van der Waals surface area contributed by atoms with Gasteiger partial charge in [0.2, 0.25) is 0 Å². The molecule has 0 amide bonds. The summed E-state index contributed by atoms with van der Waals surface area (Å²) in [5.41, 5.74) is 9.33. The van der Waals surface area contributed by atoms with Gasteiger partial charge < -0.3 is 25.4 Å². The highest BCUT2D eigenvalue weighted by Gasteiger charge is 2.32. The number of ether oxygens (including phenoxy) is 2. The van der Waals surface area contributed by atoms with Gasteiger partial charge in [0.25, 0.3) is 0 Å². The summed E-state index contributed by atoms with van der Waals surface area (Å²) < 4.78 is 63.2. The first-order chi connectivity index (χ1) is 20.7. The van der Waals surface area contributed by atoms with Crippen molar-refractivity contribution in [2.75, 3.05) is 38.6 Å². The topological polar surface area (TPSA) is 218 Å². The van der Waals surface area contributed by atoms with Crippen molar-refractivity contribution in [2.45, 2.75) is 47.5 Å². The highest BCUT2D eigenvalue weighted by Crippen LogP contribution is 2.39. The molecule has 0 atom stereocenters. The predicted octanol–water partition coefficient (Wildman–Crippen LogP) is 2.88. The fourth-order valence-electron chi connectivity index (χ4n) is 5.13. The zero-order chi connectivity index (χ0) is 32.2. The van der Waals surface area contributed by atoms with Crippen LogP contribution in [0.4, 0.5) is 10.6 Å². The van der Waals surface area contributed by atoms with Crippen LogP contribution in [0.15, 0.2) is 52.6 Å². The number of hydrogen-bond acceptors (Lipinski definition) is 11. The monoisotopic (exact) mass is 650 g/mol. The van der Waals surface area contributed by atoms with Crippen LogP contribution in [-0.2, 0) is 29.1 Å². The van der Waals surface area contributed by atoms with Gasteiger partial charge in [-0.25, -0.2) is 31.3 Å². The van der Waals surface area contributed by atoms with Crippen LogP contribution in [0.5, 0.6) is 0 Å². The lowest BCUT2D eigenvalue weighted by Gasteiger charge is -2.29. The lowest BCUT2D eigenvalue weighted by Crippen LogP contribution is -2.24. The molecule has 5 rings (SSSR count). The molecule has 1 aliphatic rings. The van der Waals surface area contributed by atoms with Crippen LogP contribution < -0.4 is 5.73 Å². The molecule has 238 valence electrons. The summed E-state index contributed by atoms with van der Waals surface area (Å²) in [4.78, 5) is 13.6. The number of nitrogens with zero attached hydrogens (tertiary/aromatic N) is 5. The maximum absolute atomic E-state index is 12.9. The second-order valence-electron chi connectivity index (χ2n) is 10.3. The van der Waals surface area contributed by atoms with E-state index in [1.54, 1.807) is 42.5 Å². The van der Waals surface area contributed by atoms with Gasteiger partial charge in [-0.05, 0) is 49.9 Å². The number of carbonyl (C=O) groups is 1. The summed E-state index contributed by atoms with van der Waals surface area (Å²) in [6, 6.07) is 6.40. The number of carboxylic acid groups (broad SMARTS) is 2. The van der Waals surface area contributed by atoms with Crippen LogP contribution in [0.25, 0.3) is 22.5 Å². The van der Waals surface area contributed by atoms with E-state index in [1.807, 2.05) is 0 Å². The van der Waals surface area contributed by atoms with Crippen molar-refractivity contribution >= 4 is 37.3 Å². The number of anilines is 1. The molecule has 4 N–H and O–H groups in total. The highest BCUT2D eigenvalue weighted by molar-refractivity contribution is 7.91. The molecular formula is C27H34N6O9S2. The lowest BCUT2D eigenvalue weighted by atomic mass is 9.85. The molecule has 1 aromatic carbocycles. The maximum atomic E-state index is 12.9. The molecule has 44 heavy (non-hydrogen) atoms. The second-order valence-corrected chi connectivity index (χ2v) is 14.3. The largest absolute Gasteiger partial charge is 0.503 e. The van der Waals surface area contributed by atoms with E-state index in [4.69, 9.17) is 35.2 Å². The smallest absolute Gasteiger partial charge is 0.450 e. The zero-order valence-electron chi connectivity index (χ0n) is 24.3. The molecule has 1 aliphatic carbocycles. The number of sulfone groups is 2. The van der Waals surface area contributed by atoms with E-state index < -0.39 is 25.8 Å². The minimum atomic E-state index is -3.69. The number of rotatable bonds is 9. The number of nitrogens with two attached hydrogens (primary N) is 1. The fraction of sp³-hybridized carbons (Fsp3) is 0.407. The Morgan fingerprint density at radius 2 is 1.61 bits per heavy atom. The van der Waals surface area contributed by atoms with Crippen molar-refractivity contribution in [3.63, 3.8) is 0 Å². The molecule has 4 aromatic rings. The molecule has 0 unspecified atom stereocenters. The fourth-order valence-corrected chi connectivity index (χ4v) is 6.82. The molecule has 15 nitrogen and oxygen atoms in total. The van der Waals surface area contributed by atoms with Gasteiger partial charge in [0.05, 0.1) is 48.0 Å². The van der Waals surface area contributed by atoms with E-state index in [1.165, 1.54) is 16.6 Å². The normalized spacial score (nSPS) is 17.2. The SMILES string of the molecule is COCCO[C@H]1CC[C@H](c2nc3c(-c4cnn(-c5ccc(S(C)(=O)=O)cc5)c4)cnn3c(N)c2S(C)(=O)=O)CC1.O=C(O)O. The van der Waals surface area contributed by atoms with E-state index in [0.29, 0.717) is 54.2 Å².